The van der Waals surface area contributed by atoms with Gasteiger partial charge in [0.2, 0.25) is 0 Å². The Labute approximate surface area is 191 Å². The summed E-state index contributed by atoms with van der Waals surface area (Å²) in [4.78, 5) is 0. The van der Waals surface area contributed by atoms with Crippen molar-refractivity contribution >= 4 is 21.4 Å². The molecule has 0 saturated carbocycles. The van der Waals surface area contributed by atoms with Gasteiger partial charge in [0, 0.05) is 5.72 Å². The fraction of sp³-hybridized carbons (Fsp3) is 1.00. The zero-order chi connectivity index (χ0) is 23.8. The fourth-order valence-electron chi connectivity index (χ4n) is 4.28. The lowest BCUT2D eigenvalue weighted by Crippen LogP contribution is -2.43. The number of rotatable bonds is 5. The Morgan fingerprint density at radius 1 is 0.484 bits per heavy atom. The molecule has 0 radical (unpaired) electrons. The molecule has 3 fully saturated rings. The Bertz CT molecular complexity index is 607. The maximum Gasteiger partial charge on any atom is 0.459 e. The van der Waals surface area contributed by atoms with Crippen molar-refractivity contribution < 1.29 is 27.9 Å². The first-order valence-corrected chi connectivity index (χ1v) is 11.8. The predicted molar refractivity (Wildman–Crippen MR) is 126 cm³/mol. The van der Waals surface area contributed by atoms with Gasteiger partial charge >= 0.3 is 21.4 Å². The molecule has 1 atom stereocenters. The molecule has 3 saturated heterocycles. The zero-order valence-corrected chi connectivity index (χ0v) is 22.0. The summed E-state index contributed by atoms with van der Waals surface area (Å²) in [6.07, 6.45) is 0.700. The van der Waals surface area contributed by atoms with Gasteiger partial charge in [0.1, 0.15) is 0 Å². The van der Waals surface area contributed by atoms with Crippen molar-refractivity contribution in [3.8, 4) is 0 Å². The van der Waals surface area contributed by atoms with Gasteiger partial charge in [-0.15, -0.1) is 0 Å². The Kier molecular flexibility index (Phi) is 6.17. The highest BCUT2D eigenvalue weighted by molar-refractivity contribution is 6.68. The Hall–Kier alpha value is -0.0452. The minimum Gasteiger partial charge on any atom is -0.403 e. The van der Waals surface area contributed by atoms with Crippen LogP contribution < -0.4 is 0 Å². The van der Waals surface area contributed by atoms with E-state index in [-0.39, 0.29) is 30.0 Å². The molecule has 6 nitrogen and oxygen atoms in total. The maximum atomic E-state index is 6.48. The molecule has 3 rings (SSSR count). The van der Waals surface area contributed by atoms with Crippen LogP contribution in [-0.4, -0.2) is 55.0 Å². The second kappa shape index (κ2) is 7.48. The normalized spacial score (nSPS) is 31.0. The molecule has 0 aromatic heterocycles. The Morgan fingerprint density at radius 2 is 0.742 bits per heavy atom. The topological polar surface area (TPSA) is 55.4 Å². The summed E-state index contributed by atoms with van der Waals surface area (Å²) >= 11 is 0. The first-order chi connectivity index (χ1) is 13.7. The van der Waals surface area contributed by atoms with Crippen molar-refractivity contribution in [3.63, 3.8) is 0 Å². The molecule has 3 aliphatic rings. The molecule has 0 aliphatic carbocycles. The minimum absolute atomic E-state index is 0.110. The van der Waals surface area contributed by atoms with Gasteiger partial charge in [0.15, 0.2) is 0 Å². The Balaban J connectivity index is 1.85. The van der Waals surface area contributed by atoms with Crippen LogP contribution in [0.15, 0.2) is 0 Å². The predicted octanol–water partition coefficient (Wildman–Crippen LogP) is 4.81. The summed E-state index contributed by atoms with van der Waals surface area (Å²) in [6, 6.07) is 0. The smallest absolute Gasteiger partial charge is 0.403 e. The highest BCUT2D eigenvalue weighted by Crippen LogP contribution is 2.49. The zero-order valence-electron chi connectivity index (χ0n) is 22.0. The fourth-order valence-corrected chi connectivity index (χ4v) is 4.28. The van der Waals surface area contributed by atoms with Crippen LogP contribution in [0, 0.1) is 5.92 Å². The highest BCUT2D eigenvalue weighted by atomic mass is 16.7. The molecule has 0 aromatic carbocycles. The van der Waals surface area contributed by atoms with Crippen LogP contribution in [0.25, 0.3) is 0 Å². The van der Waals surface area contributed by atoms with E-state index in [1.54, 1.807) is 0 Å². The van der Waals surface area contributed by atoms with E-state index in [0.29, 0.717) is 6.32 Å². The van der Waals surface area contributed by atoms with Gasteiger partial charge in [0.25, 0.3) is 0 Å². The molecule has 0 bridgehead atoms. The van der Waals surface area contributed by atoms with E-state index >= 15 is 0 Å². The summed E-state index contributed by atoms with van der Waals surface area (Å²) in [6.45, 7) is 27.1. The van der Waals surface area contributed by atoms with E-state index in [4.69, 9.17) is 27.9 Å². The van der Waals surface area contributed by atoms with Crippen molar-refractivity contribution in [2.45, 2.75) is 136 Å². The van der Waals surface area contributed by atoms with Crippen molar-refractivity contribution in [3.05, 3.63) is 0 Å². The summed E-state index contributed by atoms with van der Waals surface area (Å²) in [7, 11) is -1.19. The van der Waals surface area contributed by atoms with Crippen LogP contribution >= 0.6 is 0 Å². The van der Waals surface area contributed by atoms with Gasteiger partial charge in [-0.25, -0.2) is 0 Å². The standard InChI is InChI=1S/C22H43B3O6/c1-15(14-23-26-17(2,3)18(4,5)27-23)16(24-28-19(6,7)20(8,9)29-24)25-30-21(10,11)22(12,13)31-25/h15-16H,14H2,1-13H3. The summed E-state index contributed by atoms with van der Waals surface area (Å²) in [5.41, 5.74) is -2.56. The lowest BCUT2D eigenvalue weighted by Gasteiger charge is -2.32. The van der Waals surface area contributed by atoms with E-state index in [1.165, 1.54) is 0 Å². The lowest BCUT2D eigenvalue weighted by atomic mass is 9.45. The third-order valence-corrected chi connectivity index (χ3v) is 8.69. The molecular formula is C22H43B3O6. The largest absolute Gasteiger partial charge is 0.459 e. The monoisotopic (exact) mass is 436 g/mol. The third-order valence-electron chi connectivity index (χ3n) is 8.69. The van der Waals surface area contributed by atoms with Gasteiger partial charge in [-0.3, -0.25) is 0 Å². The van der Waals surface area contributed by atoms with Gasteiger partial charge in [-0.2, -0.15) is 0 Å². The van der Waals surface area contributed by atoms with Crippen molar-refractivity contribution in [2.24, 2.45) is 5.92 Å². The molecule has 0 N–H and O–H groups in total. The van der Waals surface area contributed by atoms with E-state index in [9.17, 15) is 0 Å². The second-order valence-corrected chi connectivity index (χ2v) is 12.7. The van der Waals surface area contributed by atoms with Crippen molar-refractivity contribution in [1.29, 1.82) is 0 Å². The average Bonchev–Trinajstić information content (AvgIpc) is 2.93. The van der Waals surface area contributed by atoms with Crippen LogP contribution in [0.1, 0.15) is 90.0 Å². The molecule has 9 heteroatoms. The molecule has 3 heterocycles. The first kappa shape index (κ1) is 25.6. The number of hydrogen-bond acceptors (Lipinski definition) is 6. The average molecular weight is 436 g/mol. The summed E-state index contributed by atoms with van der Waals surface area (Å²) < 4.78 is 38.5. The van der Waals surface area contributed by atoms with Gasteiger partial charge in [-0.05, 0) is 95.3 Å². The van der Waals surface area contributed by atoms with Crippen LogP contribution in [0.5, 0.6) is 0 Å². The highest BCUT2D eigenvalue weighted by Gasteiger charge is 2.63. The molecule has 1 unspecified atom stereocenters. The second-order valence-electron chi connectivity index (χ2n) is 12.7. The van der Waals surface area contributed by atoms with Crippen LogP contribution in [0.2, 0.25) is 12.0 Å². The van der Waals surface area contributed by atoms with Gasteiger partial charge in [0.05, 0.1) is 33.6 Å². The SMILES string of the molecule is CC(CB1OC(C)(C)C(C)(C)O1)C(B1OC(C)(C)C(C)(C)O1)B1OC(C)(C)C(C)(C)O1. The molecular weight excluding hydrogens is 393 g/mol. The summed E-state index contributed by atoms with van der Waals surface area (Å²) in [5.74, 6) is 0.110. The van der Waals surface area contributed by atoms with Crippen LogP contribution in [0.4, 0.5) is 0 Å². The Morgan fingerprint density at radius 3 is 1.03 bits per heavy atom. The third kappa shape index (κ3) is 4.40. The van der Waals surface area contributed by atoms with E-state index in [2.05, 4.69) is 90.0 Å². The molecule has 0 aromatic rings. The van der Waals surface area contributed by atoms with E-state index in [1.807, 2.05) is 0 Å². The molecule has 3 aliphatic heterocycles. The minimum atomic E-state index is -0.447. The molecule has 0 amide bonds. The van der Waals surface area contributed by atoms with Crippen molar-refractivity contribution in [1.82, 2.24) is 0 Å². The van der Waals surface area contributed by atoms with Crippen LogP contribution in [0.3, 0.4) is 0 Å². The maximum absolute atomic E-state index is 6.48. The quantitative estimate of drug-likeness (QED) is 0.577. The summed E-state index contributed by atoms with van der Waals surface area (Å²) in [5, 5.41) is 0. The van der Waals surface area contributed by atoms with E-state index in [0.717, 1.165) is 0 Å². The van der Waals surface area contributed by atoms with Crippen molar-refractivity contribution in [2.75, 3.05) is 0 Å². The first-order valence-electron chi connectivity index (χ1n) is 11.8. The molecule has 0 spiro atoms. The van der Waals surface area contributed by atoms with E-state index < -0.39 is 36.6 Å². The van der Waals surface area contributed by atoms with Crippen LogP contribution in [-0.2, 0) is 27.9 Å². The van der Waals surface area contributed by atoms with Gasteiger partial charge in [-0.1, -0.05) is 6.92 Å². The molecule has 176 valence electrons. The lowest BCUT2D eigenvalue weighted by molar-refractivity contribution is 0.00578. The van der Waals surface area contributed by atoms with Gasteiger partial charge < -0.3 is 27.9 Å². The molecule has 31 heavy (non-hydrogen) atoms. The number of hydrogen-bond donors (Lipinski definition) is 0.